The number of carboxylic acid groups (broad SMARTS) is 1. The zero-order valence-electron chi connectivity index (χ0n) is 9.81. The van der Waals surface area contributed by atoms with Crippen LogP contribution in [-0.2, 0) is 0 Å². The zero-order valence-corrected chi connectivity index (χ0v) is 13.0. The Morgan fingerprint density at radius 3 is 2.16 bits per heavy atom. The van der Waals surface area contributed by atoms with Crippen LogP contribution in [-0.4, -0.2) is 11.1 Å². The molecule has 2 aromatic carbocycles. The molecule has 0 amide bonds. The van der Waals surface area contributed by atoms with E-state index in [0.717, 1.165) is 21.2 Å². The maximum absolute atomic E-state index is 10.8. The molecule has 0 aliphatic carbocycles. The molecule has 0 bridgehead atoms. The first-order valence-electron chi connectivity index (χ1n) is 5.52. The lowest BCUT2D eigenvalue weighted by molar-refractivity contribution is 0.0697. The third kappa shape index (κ3) is 3.33. The molecule has 2 rings (SSSR count). The van der Waals surface area contributed by atoms with Crippen LogP contribution in [0.2, 0.25) is 0 Å². The number of aromatic carboxylic acids is 1. The van der Waals surface area contributed by atoms with Gasteiger partial charge >= 0.3 is 5.97 Å². The van der Waals surface area contributed by atoms with Gasteiger partial charge < -0.3 is 5.11 Å². The summed E-state index contributed by atoms with van der Waals surface area (Å²) in [5.74, 6) is -0.918. The van der Waals surface area contributed by atoms with E-state index in [2.05, 4.69) is 31.9 Å². The van der Waals surface area contributed by atoms with Gasteiger partial charge in [-0.3, -0.25) is 0 Å². The molecule has 0 atom stereocenters. The maximum Gasteiger partial charge on any atom is 0.335 e. The molecule has 0 unspecified atom stereocenters. The predicted molar refractivity (Wildman–Crippen MR) is 83.5 cm³/mol. The van der Waals surface area contributed by atoms with Crippen molar-refractivity contribution in [1.82, 2.24) is 0 Å². The van der Waals surface area contributed by atoms with E-state index < -0.39 is 5.97 Å². The van der Waals surface area contributed by atoms with Gasteiger partial charge in [0.2, 0.25) is 0 Å². The minimum absolute atomic E-state index is 0.284. The minimum Gasteiger partial charge on any atom is -0.478 e. The molecule has 1 N–H and O–H groups in total. The van der Waals surface area contributed by atoms with Gasteiger partial charge in [0.05, 0.1) is 5.56 Å². The first-order chi connectivity index (χ1) is 9.11. The fourth-order valence-electron chi connectivity index (χ4n) is 1.74. The standard InChI is InChI=1S/C15H10Br2O2/c16-9-14(12-2-1-3-13(17)8-12)10-4-6-11(7-5-10)15(18)19/h1-9H,(H,18,19). The highest BCUT2D eigenvalue weighted by Gasteiger charge is 2.07. The van der Waals surface area contributed by atoms with E-state index >= 15 is 0 Å². The highest BCUT2D eigenvalue weighted by molar-refractivity contribution is 9.11. The molecule has 0 saturated heterocycles. The van der Waals surface area contributed by atoms with Crippen LogP contribution in [0.4, 0.5) is 0 Å². The van der Waals surface area contributed by atoms with Gasteiger partial charge in [0.25, 0.3) is 0 Å². The van der Waals surface area contributed by atoms with Crippen LogP contribution in [0.5, 0.6) is 0 Å². The molecule has 0 fully saturated rings. The average molecular weight is 382 g/mol. The third-order valence-electron chi connectivity index (χ3n) is 2.69. The van der Waals surface area contributed by atoms with Gasteiger partial charge in [-0.15, -0.1) is 0 Å². The Labute approximate surface area is 128 Å². The lowest BCUT2D eigenvalue weighted by atomic mass is 9.99. The number of hydrogen-bond acceptors (Lipinski definition) is 1. The van der Waals surface area contributed by atoms with Crippen molar-refractivity contribution in [3.63, 3.8) is 0 Å². The van der Waals surface area contributed by atoms with Crippen molar-refractivity contribution in [2.24, 2.45) is 0 Å². The predicted octanol–water partition coefficient (Wildman–Crippen LogP) is 4.93. The Morgan fingerprint density at radius 2 is 1.63 bits per heavy atom. The van der Waals surface area contributed by atoms with E-state index in [1.165, 1.54) is 0 Å². The van der Waals surface area contributed by atoms with Crippen molar-refractivity contribution in [2.75, 3.05) is 0 Å². The minimum atomic E-state index is -0.918. The van der Waals surface area contributed by atoms with Crippen molar-refractivity contribution >= 4 is 43.4 Å². The second-order valence-electron chi connectivity index (χ2n) is 3.92. The molecule has 96 valence electrons. The van der Waals surface area contributed by atoms with Gasteiger partial charge in [0.1, 0.15) is 0 Å². The molecular formula is C15H10Br2O2. The Hall–Kier alpha value is -1.39. The normalized spacial score (nSPS) is 11.4. The smallest absolute Gasteiger partial charge is 0.335 e. The number of halogens is 2. The van der Waals surface area contributed by atoms with Crippen LogP contribution in [0, 0.1) is 0 Å². The van der Waals surface area contributed by atoms with E-state index in [1.54, 1.807) is 24.3 Å². The van der Waals surface area contributed by atoms with Crippen LogP contribution in [0.1, 0.15) is 21.5 Å². The summed E-state index contributed by atoms with van der Waals surface area (Å²) in [6, 6.07) is 14.7. The number of carboxylic acids is 1. The van der Waals surface area contributed by atoms with Crippen LogP contribution in [0.25, 0.3) is 5.57 Å². The Morgan fingerprint density at radius 1 is 1.00 bits per heavy atom. The van der Waals surface area contributed by atoms with Crippen LogP contribution >= 0.6 is 31.9 Å². The van der Waals surface area contributed by atoms with Crippen molar-refractivity contribution in [3.8, 4) is 0 Å². The molecule has 4 heteroatoms. The summed E-state index contributed by atoms with van der Waals surface area (Å²) in [6.07, 6.45) is 0. The van der Waals surface area contributed by atoms with Gasteiger partial charge in [-0.1, -0.05) is 56.1 Å². The van der Waals surface area contributed by atoms with Crippen molar-refractivity contribution < 1.29 is 9.90 Å². The Kier molecular flexibility index (Phi) is 4.56. The molecule has 2 aromatic rings. The van der Waals surface area contributed by atoms with Crippen LogP contribution in [0.3, 0.4) is 0 Å². The highest BCUT2D eigenvalue weighted by Crippen LogP contribution is 2.27. The SMILES string of the molecule is O=C(O)c1ccc(C(=CBr)c2cccc(Br)c2)cc1. The topological polar surface area (TPSA) is 37.3 Å². The number of hydrogen-bond donors (Lipinski definition) is 1. The number of benzene rings is 2. The van der Waals surface area contributed by atoms with E-state index in [9.17, 15) is 4.79 Å². The zero-order chi connectivity index (χ0) is 13.8. The average Bonchev–Trinajstić information content (AvgIpc) is 2.40. The molecule has 2 nitrogen and oxygen atoms in total. The monoisotopic (exact) mass is 380 g/mol. The fraction of sp³-hybridized carbons (Fsp3) is 0. The summed E-state index contributed by atoms with van der Waals surface area (Å²) >= 11 is 6.81. The molecular weight excluding hydrogens is 372 g/mol. The largest absolute Gasteiger partial charge is 0.478 e. The summed E-state index contributed by atoms with van der Waals surface area (Å²) in [5, 5.41) is 8.89. The highest BCUT2D eigenvalue weighted by atomic mass is 79.9. The molecule has 0 aliphatic rings. The maximum atomic E-state index is 10.8. The molecule has 19 heavy (non-hydrogen) atoms. The second-order valence-corrected chi connectivity index (χ2v) is 5.29. The van der Waals surface area contributed by atoms with Gasteiger partial charge in [-0.05, 0) is 46.0 Å². The molecule has 0 aliphatic heterocycles. The van der Waals surface area contributed by atoms with Crippen molar-refractivity contribution in [2.45, 2.75) is 0 Å². The first kappa shape index (κ1) is 14.0. The summed E-state index contributed by atoms with van der Waals surface area (Å²) in [5.41, 5.74) is 3.29. The summed E-state index contributed by atoms with van der Waals surface area (Å²) in [6.45, 7) is 0. The molecule has 0 spiro atoms. The molecule has 0 heterocycles. The van der Waals surface area contributed by atoms with Crippen LogP contribution < -0.4 is 0 Å². The fourth-order valence-corrected chi connectivity index (χ4v) is 2.67. The van der Waals surface area contributed by atoms with Crippen LogP contribution in [0.15, 0.2) is 58.0 Å². The number of carbonyl (C=O) groups is 1. The molecule has 0 radical (unpaired) electrons. The van der Waals surface area contributed by atoms with E-state index in [-0.39, 0.29) is 5.56 Å². The van der Waals surface area contributed by atoms with Crippen molar-refractivity contribution in [3.05, 3.63) is 74.7 Å². The van der Waals surface area contributed by atoms with Gasteiger partial charge in [0, 0.05) is 4.47 Å². The van der Waals surface area contributed by atoms with Gasteiger partial charge in [0.15, 0.2) is 0 Å². The summed E-state index contributed by atoms with van der Waals surface area (Å²) < 4.78 is 0.999. The lowest BCUT2D eigenvalue weighted by Gasteiger charge is -2.08. The Bertz CT molecular complexity index is 631. The first-order valence-corrected chi connectivity index (χ1v) is 7.23. The molecule has 0 aromatic heterocycles. The molecule has 0 saturated carbocycles. The Balaban J connectivity index is 2.41. The van der Waals surface area contributed by atoms with Crippen molar-refractivity contribution in [1.29, 1.82) is 0 Å². The quantitative estimate of drug-likeness (QED) is 0.818. The summed E-state index contributed by atoms with van der Waals surface area (Å²) in [7, 11) is 0. The van der Waals surface area contributed by atoms with E-state index in [0.29, 0.717) is 0 Å². The third-order valence-corrected chi connectivity index (χ3v) is 3.64. The van der Waals surface area contributed by atoms with Gasteiger partial charge in [-0.2, -0.15) is 0 Å². The van der Waals surface area contributed by atoms with E-state index in [4.69, 9.17) is 5.11 Å². The second kappa shape index (κ2) is 6.17. The summed E-state index contributed by atoms with van der Waals surface area (Å²) in [4.78, 5) is 12.7. The lowest BCUT2D eigenvalue weighted by Crippen LogP contribution is -1.96. The number of rotatable bonds is 3. The van der Waals surface area contributed by atoms with E-state index in [1.807, 2.05) is 29.3 Å². The van der Waals surface area contributed by atoms with Gasteiger partial charge in [-0.25, -0.2) is 4.79 Å².